The molecule has 1 saturated heterocycles. The van der Waals surface area contributed by atoms with Gasteiger partial charge in [0.05, 0.1) is 12.8 Å². The number of amides is 1. The average Bonchev–Trinajstić information content (AvgIpc) is 3.16. The first-order valence-electron chi connectivity index (χ1n) is 9.29. The second-order valence-corrected chi connectivity index (χ2v) is 7.01. The maximum atomic E-state index is 12.9. The molecule has 1 fully saturated rings. The number of nitrogens with zero attached hydrogens (tertiary/aromatic N) is 3. The summed E-state index contributed by atoms with van der Waals surface area (Å²) in [5, 5.41) is 7.24. The molecule has 0 spiro atoms. The van der Waals surface area contributed by atoms with Gasteiger partial charge in [-0.1, -0.05) is 19.1 Å². The van der Waals surface area contributed by atoms with Gasteiger partial charge in [-0.15, -0.1) is 0 Å². The van der Waals surface area contributed by atoms with E-state index in [1.807, 2.05) is 35.2 Å². The van der Waals surface area contributed by atoms with Crippen LogP contribution in [0.2, 0.25) is 0 Å². The Hall–Kier alpha value is -2.34. The molecular formula is C20H28N4O2. The zero-order valence-corrected chi connectivity index (χ0v) is 16.0. The van der Waals surface area contributed by atoms with Crippen molar-refractivity contribution in [3.05, 3.63) is 36.0 Å². The number of hydrogen-bond donors (Lipinski definition) is 1. The first-order chi connectivity index (χ1) is 12.5. The van der Waals surface area contributed by atoms with Crippen LogP contribution in [0.3, 0.4) is 0 Å². The molecule has 2 aromatic rings. The topological polar surface area (TPSA) is 61.5 Å². The molecule has 140 valence electrons. The molecule has 6 heteroatoms. The molecule has 0 aliphatic carbocycles. The number of benzene rings is 1. The van der Waals surface area contributed by atoms with Crippen molar-refractivity contribution in [1.29, 1.82) is 0 Å². The van der Waals surface area contributed by atoms with Gasteiger partial charge in [-0.2, -0.15) is 5.10 Å². The van der Waals surface area contributed by atoms with E-state index in [-0.39, 0.29) is 5.91 Å². The number of carbonyl (C=O) groups is 1. The lowest BCUT2D eigenvalue weighted by Gasteiger charge is -2.43. The quantitative estimate of drug-likeness (QED) is 0.894. The number of para-hydroxylation sites is 1. The highest BCUT2D eigenvalue weighted by Crippen LogP contribution is 2.28. The maximum Gasteiger partial charge on any atom is 0.271 e. The molecule has 6 nitrogen and oxygen atoms in total. The molecule has 1 aliphatic rings. The third-order valence-electron chi connectivity index (χ3n) is 5.14. The second-order valence-electron chi connectivity index (χ2n) is 7.01. The highest BCUT2D eigenvalue weighted by atomic mass is 16.5. The maximum absolute atomic E-state index is 12.9. The molecule has 0 saturated carbocycles. The van der Waals surface area contributed by atoms with Gasteiger partial charge in [-0.25, -0.2) is 0 Å². The van der Waals surface area contributed by atoms with Crippen LogP contribution < -0.4 is 4.74 Å². The van der Waals surface area contributed by atoms with Crippen molar-refractivity contribution in [3.8, 4) is 17.0 Å². The molecule has 1 N–H and O–H groups in total. The molecule has 1 aliphatic heterocycles. The van der Waals surface area contributed by atoms with Gasteiger partial charge in [0.1, 0.15) is 11.4 Å². The van der Waals surface area contributed by atoms with Crippen LogP contribution in [0.15, 0.2) is 30.3 Å². The summed E-state index contributed by atoms with van der Waals surface area (Å²) >= 11 is 0. The van der Waals surface area contributed by atoms with Crippen molar-refractivity contribution < 1.29 is 9.53 Å². The fourth-order valence-corrected chi connectivity index (χ4v) is 3.69. The van der Waals surface area contributed by atoms with Crippen molar-refractivity contribution in [2.45, 2.75) is 39.3 Å². The van der Waals surface area contributed by atoms with Crippen LogP contribution in [-0.2, 0) is 0 Å². The van der Waals surface area contributed by atoms with Gasteiger partial charge in [-0.05, 0) is 38.5 Å². The standard InChI is InChI=1S/C20H28N4O2/c1-5-15-13-23(10-11-24(15)14(2)3)20(25)18-12-17(21-22-18)16-8-6-7-9-19(16)26-4/h6-9,12,14-15H,5,10-11,13H2,1-4H3,(H,21,22). The Morgan fingerprint density at radius 1 is 1.35 bits per heavy atom. The first kappa shape index (κ1) is 18.5. The summed E-state index contributed by atoms with van der Waals surface area (Å²) in [5.74, 6) is 0.759. The Balaban J connectivity index is 1.76. The lowest BCUT2D eigenvalue weighted by atomic mass is 10.1. The summed E-state index contributed by atoms with van der Waals surface area (Å²) < 4.78 is 5.39. The van der Waals surface area contributed by atoms with E-state index in [0.29, 0.717) is 17.8 Å². The Morgan fingerprint density at radius 3 is 2.81 bits per heavy atom. The van der Waals surface area contributed by atoms with Crippen LogP contribution in [0.1, 0.15) is 37.7 Å². The van der Waals surface area contributed by atoms with E-state index in [2.05, 4.69) is 35.9 Å². The van der Waals surface area contributed by atoms with Crippen molar-refractivity contribution in [1.82, 2.24) is 20.0 Å². The zero-order valence-electron chi connectivity index (χ0n) is 16.0. The lowest BCUT2D eigenvalue weighted by Crippen LogP contribution is -2.56. The molecule has 0 bridgehead atoms. The van der Waals surface area contributed by atoms with Gasteiger partial charge in [-0.3, -0.25) is 14.8 Å². The smallest absolute Gasteiger partial charge is 0.271 e. The molecule has 0 radical (unpaired) electrons. The highest BCUT2D eigenvalue weighted by molar-refractivity contribution is 5.93. The summed E-state index contributed by atoms with van der Waals surface area (Å²) in [4.78, 5) is 17.4. The van der Waals surface area contributed by atoms with Gasteiger partial charge in [0.25, 0.3) is 5.91 Å². The number of piperazine rings is 1. The zero-order chi connectivity index (χ0) is 18.7. The molecule has 2 heterocycles. The predicted molar refractivity (Wildman–Crippen MR) is 102 cm³/mol. The average molecular weight is 356 g/mol. The summed E-state index contributed by atoms with van der Waals surface area (Å²) in [7, 11) is 1.64. The number of rotatable bonds is 5. The van der Waals surface area contributed by atoms with Crippen molar-refractivity contribution in [2.75, 3.05) is 26.7 Å². The van der Waals surface area contributed by atoms with Crippen LogP contribution in [0.4, 0.5) is 0 Å². The Morgan fingerprint density at radius 2 is 2.12 bits per heavy atom. The molecule has 3 rings (SSSR count). The van der Waals surface area contributed by atoms with Crippen LogP contribution in [0.5, 0.6) is 5.75 Å². The fourth-order valence-electron chi connectivity index (χ4n) is 3.69. The molecule has 1 atom stereocenters. The summed E-state index contributed by atoms with van der Waals surface area (Å²) in [6, 6.07) is 10.4. The minimum Gasteiger partial charge on any atom is -0.496 e. The number of nitrogens with one attached hydrogen (secondary N) is 1. The van der Waals surface area contributed by atoms with E-state index in [9.17, 15) is 4.79 Å². The summed E-state index contributed by atoms with van der Waals surface area (Å²) in [5.41, 5.74) is 2.12. The summed E-state index contributed by atoms with van der Waals surface area (Å²) in [6.45, 7) is 9.04. The van der Waals surface area contributed by atoms with Crippen LogP contribution in [0.25, 0.3) is 11.3 Å². The molecule has 1 unspecified atom stereocenters. The van der Waals surface area contributed by atoms with Gasteiger partial charge in [0.15, 0.2) is 0 Å². The number of methoxy groups -OCH3 is 1. The van der Waals surface area contributed by atoms with Crippen molar-refractivity contribution in [2.24, 2.45) is 0 Å². The van der Waals surface area contributed by atoms with Crippen LogP contribution in [-0.4, -0.2) is 64.7 Å². The van der Waals surface area contributed by atoms with Gasteiger partial charge >= 0.3 is 0 Å². The van der Waals surface area contributed by atoms with E-state index in [4.69, 9.17) is 4.74 Å². The van der Waals surface area contributed by atoms with Crippen molar-refractivity contribution >= 4 is 5.91 Å². The fraction of sp³-hybridized carbons (Fsp3) is 0.500. The highest BCUT2D eigenvalue weighted by Gasteiger charge is 2.31. The second kappa shape index (κ2) is 7.91. The molecule has 1 amide bonds. The van der Waals surface area contributed by atoms with E-state index in [0.717, 1.165) is 43.1 Å². The normalized spacial score (nSPS) is 18.3. The molecule has 26 heavy (non-hydrogen) atoms. The van der Waals surface area contributed by atoms with Crippen LogP contribution in [0, 0.1) is 0 Å². The van der Waals surface area contributed by atoms with Gasteiger partial charge in [0.2, 0.25) is 0 Å². The lowest BCUT2D eigenvalue weighted by molar-refractivity contribution is 0.0367. The number of H-pyrrole nitrogens is 1. The monoisotopic (exact) mass is 356 g/mol. The predicted octanol–water partition coefficient (Wildman–Crippen LogP) is 3.03. The minimum absolute atomic E-state index is 0.0144. The first-order valence-corrected chi connectivity index (χ1v) is 9.29. The van der Waals surface area contributed by atoms with E-state index in [1.54, 1.807) is 7.11 Å². The Bertz CT molecular complexity index is 756. The van der Waals surface area contributed by atoms with Crippen molar-refractivity contribution in [3.63, 3.8) is 0 Å². The third kappa shape index (κ3) is 3.60. The van der Waals surface area contributed by atoms with Crippen LogP contribution >= 0.6 is 0 Å². The number of aromatic nitrogens is 2. The number of aromatic amines is 1. The minimum atomic E-state index is 0.0144. The van der Waals surface area contributed by atoms with E-state index < -0.39 is 0 Å². The summed E-state index contributed by atoms with van der Waals surface area (Å²) in [6.07, 6.45) is 1.04. The Labute approximate surface area is 155 Å². The molecular weight excluding hydrogens is 328 g/mol. The van der Waals surface area contributed by atoms with E-state index in [1.165, 1.54) is 0 Å². The SMILES string of the molecule is CCC1CN(C(=O)c2cc(-c3ccccc3OC)n[nH]2)CCN1C(C)C. The largest absolute Gasteiger partial charge is 0.496 e. The number of ether oxygens (including phenoxy) is 1. The molecule has 1 aromatic carbocycles. The number of carbonyl (C=O) groups excluding carboxylic acids is 1. The third-order valence-corrected chi connectivity index (χ3v) is 5.14. The van der Waals surface area contributed by atoms with Gasteiger partial charge < -0.3 is 9.64 Å². The Kier molecular flexibility index (Phi) is 5.61. The molecule has 1 aromatic heterocycles. The number of hydrogen-bond acceptors (Lipinski definition) is 4. The van der Waals surface area contributed by atoms with E-state index >= 15 is 0 Å². The van der Waals surface area contributed by atoms with Gasteiger partial charge in [0, 0.05) is 37.3 Å².